The Kier molecular flexibility index (Phi) is 6.39. The van der Waals surface area contributed by atoms with Crippen molar-refractivity contribution < 1.29 is 29.7 Å². The van der Waals surface area contributed by atoms with Gasteiger partial charge in [0.15, 0.2) is 5.60 Å². The van der Waals surface area contributed by atoms with Crippen molar-refractivity contribution in [1.82, 2.24) is 0 Å². The van der Waals surface area contributed by atoms with Gasteiger partial charge in [0.1, 0.15) is 12.2 Å². The predicted octanol–water partition coefficient (Wildman–Crippen LogP) is 3.07. The lowest BCUT2D eigenvalue weighted by molar-refractivity contribution is -0.796. The molecule has 0 radical (unpaired) electrons. The molecule has 27 heavy (non-hydrogen) atoms. The Morgan fingerprint density at radius 2 is 1.44 bits per heavy atom. The molecule has 0 saturated carbocycles. The number of nitrogens with zero attached hydrogens (tertiary/aromatic N) is 2. The minimum atomic E-state index is -1.76. The molecule has 1 aliphatic heterocycles. The van der Waals surface area contributed by atoms with E-state index in [1.165, 1.54) is 13.8 Å². The summed E-state index contributed by atoms with van der Waals surface area (Å²) in [4.78, 5) is 31.9. The van der Waals surface area contributed by atoms with Gasteiger partial charge in [-0.05, 0) is 40.5 Å². The summed E-state index contributed by atoms with van der Waals surface area (Å²) in [6.07, 6.45) is 1.93. The molecule has 1 rings (SSSR count). The number of rotatable bonds is 9. The average molecular weight is 392 g/mol. The van der Waals surface area contributed by atoms with Crippen LogP contribution in [-0.4, -0.2) is 44.3 Å². The van der Waals surface area contributed by atoms with Crippen LogP contribution in [0.15, 0.2) is 0 Å². The Balaban J connectivity index is 3.68. The molecular formula is C17H32N2O8. The summed E-state index contributed by atoms with van der Waals surface area (Å²) in [5.74, 6) is 0. The van der Waals surface area contributed by atoms with Crippen LogP contribution in [0.2, 0.25) is 0 Å². The molecule has 0 amide bonds. The topological polar surface area (TPSA) is 134 Å². The highest BCUT2D eigenvalue weighted by Crippen LogP contribution is 2.62. The first-order valence-corrected chi connectivity index (χ1v) is 9.19. The van der Waals surface area contributed by atoms with Gasteiger partial charge in [0.25, 0.3) is 10.2 Å². The molecule has 0 aromatic heterocycles. The quantitative estimate of drug-likeness (QED) is 0.467. The fourth-order valence-electron chi connectivity index (χ4n) is 4.74. The maximum Gasteiger partial charge on any atom is 0.295 e. The van der Waals surface area contributed by atoms with Gasteiger partial charge < -0.3 is 19.5 Å². The van der Waals surface area contributed by atoms with Gasteiger partial charge in [-0.25, -0.2) is 0 Å². The van der Waals surface area contributed by atoms with Gasteiger partial charge in [-0.2, -0.15) is 0 Å². The SMILES string of the molecule is CCC[C@@]1(C)OC(C)(CO[N+](=O)[O-])[C@@](C)(CCC)[C@](C)(O)C1(C)O[N+](=O)[O-]. The maximum atomic E-state index is 11.7. The van der Waals surface area contributed by atoms with Crippen LogP contribution in [0.25, 0.3) is 0 Å². The van der Waals surface area contributed by atoms with Crippen LogP contribution in [0, 0.1) is 25.6 Å². The lowest BCUT2D eigenvalue weighted by Gasteiger charge is -2.68. The van der Waals surface area contributed by atoms with Crippen LogP contribution in [0.3, 0.4) is 0 Å². The number of hydrogen-bond acceptors (Lipinski definition) is 8. The molecule has 1 N–H and O–H groups in total. The molecule has 158 valence electrons. The second-order valence-corrected chi connectivity index (χ2v) is 8.31. The van der Waals surface area contributed by atoms with Gasteiger partial charge in [-0.3, -0.25) is 0 Å². The Bertz CT molecular complexity index is 585. The van der Waals surface area contributed by atoms with Crippen molar-refractivity contribution in [3.05, 3.63) is 20.2 Å². The molecule has 10 heteroatoms. The highest BCUT2D eigenvalue weighted by atomic mass is 17.0. The van der Waals surface area contributed by atoms with E-state index in [1.54, 1.807) is 20.8 Å². The van der Waals surface area contributed by atoms with Gasteiger partial charge in [0, 0.05) is 5.41 Å². The Morgan fingerprint density at radius 1 is 0.926 bits per heavy atom. The van der Waals surface area contributed by atoms with Gasteiger partial charge >= 0.3 is 0 Å². The van der Waals surface area contributed by atoms with Crippen LogP contribution < -0.4 is 0 Å². The lowest BCUT2D eigenvalue weighted by Crippen LogP contribution is -2.82. The zero-order valence-electron chi connectivity index (χ0n) is 17.2. The van der Waals surface area contributed by atoms with Gasteiger partial charge in [-0.15, -0.1) is 20.2 Å². The summed E-state index contributed by atoms with van der Waals surface area (Å²) in [6.45, 7) is 11.3. The smallest absolute Gasteiger partial charge is 0.295 e. The molecule has 10 nitrogen and oxygen atoms in total. The molecular weight excluding hydrogens is 360 g/mol. The Morgan fingerprint density at radius 3 is 1.85 bits per heavy atom. The molecule has 0 aromatic rings. The van der Waals surface area contributed by atoms with E-state index in [1.807, 2.05) is 13.8 Å². The summed E-state index contributed by atoms with van der Waals surface area (Å²) in [5, 5.41) is 32.0. The third-order valence-electron chi connectivity index (χ3n) is 6.81. The zero-order valence-corrected chi connectivity index (χ0v) is 17.2. The van der Waals surface area contributed by atoms with E-state index in [-0.39, 0.29) is 0 Å². The van der Waals surface area contributed by atoms with Gasteiger partial charge in [0.05, 0.1) is 11.2 Å². The summed E-state index contributed by atoms with van der Waals surface area (Å²) >= 11 is 0. The zero-order chi connectivity index (χ0) is 21.3. The second kappa shape index (κ2) is 7.38. The summed E-state index contributed by atoms with van der Waals surface area (Å²) in [5.41, 5.74) is -7.19. The van der Waals surface area contributed by atoms with Crippen molar-refractivity contribution in [2.75, 3.05) is 6.61 Å². The molecule has 1 heterocycles. The fraction of sp³-hybridized carbons (Fsp3) is 1.00. The largest absolute Gasteiger partial charge is 0.387 e. The first-order valence-electron chi connectivity index (χ1n) is 9.19. The van der Waals surface area contributed by atoms with Gasteiger partial charge in [-0.1, -0.05) is 33.6 Å². The first-order chi connectivity index (χ1) is 12.2. The van der Waals surface area contributed by atoms with Crippen LogP contribution in [0.5, 0.6) is 0 Å². The molecule has 0 aliphatic carbocycles. The molecule has 0 spiro atoms. The Labute approximate surface area is 159 Å². The molecule has 5 atom stereocenters. The monoisotopic (exact) mass is 392 g/mol. The van der Waals surface area contributed by atoms with E-state index in [2.05, 4.69) is 4.84 Å². The molecule has 0 bridgehead atoms. The predicted molar refractivity (Wildman–Crippen MR) is 95.9 cm³/mol. The average Bonchev–Trinajstić information content (AvgIpc) is 2.51. The van der Waals surface area contributed by atoms with E-state index in [9.17, 15) is 25.3 Å². The van der Waals surface area contributed by atoms with E-state index < -0.39 is 44.6 Å². The van der Waals surface area contributed by atoms with E-state index in [4.69, 9.17) is 9.57 Å². The van der Waals surface area contributed by atoms with Crippen molar-refractivity contribution >= 4 is 0 Å². The van der Waals surface area contributed by atoms with Crippen molar-refractivity contribution in [2.45, 2.75) is 96.6 Å². The van der Waals surface area contributed by atoms with E-state index >= 15 is 0 Å². The molecule has 2 unspecified atom stereocenters. The minimum Gasteiger partial charge on any atom is -0.387 e. The third-order valence-corrected chi connectivity index (χ3v) is 6.81. The van der Waals surface area contributed by atoms with Crippen molar-refractivity contribution in [2.24, 2.45) is 5.41 Å². The third kappa shape index (κ3) is 3.44. The standard InChI is InChI=1S/C17H32N2O8/c1-8-10-13(3)15(5,12-25-18(21)22)26-14(4,11-9-2)17(7,16(13,6)20)27-19(23)24/h20H,8-12H2,1-7H3/t13-,14-,15?,16+,17?/m1/s1. The van der Waals surface area contributed by atoms with Crippen molar-refractivity contribution in [1.29, 1.82) is 0 Å². The van der Waals surface area contributed by atoms with Crippen LogP contribution in [0.1, 0.15) is 74.1 Å². The highest BCUT2D eigenvalue weighted by molar-refractivity contribution is 5.22. The highest BCUT2D eigenvalue weighted by Gasteiger charge is 2.75. The van der Waals surface area contributed by atoms with E-state index in [0.29, 0.717) is 25.7 Å². The second-order valence-electron chi connectivity index (χ2n) is 8.31. The fourth-order valence-corrected chi connectivity index (χ4v) is 4.74. The summed E-state index contributed by atoms with van der Waals surface area (Å²) in [6, 6.07) is 0. The molecule has 1 fully saturated rings. The number of ether oxygens (including phenoxy) is 1. The molecule has 0 aromatic carbocycles. The summed E-state index contributed by atoms with van der Waals surface area (Å²) < 4.78 is 6.35. The Hall–Kier alpha value is -1.68. The van der Waals surface area contributed by atoms with E-state index in [0.717, 1.165) is 0 Å². The molecule has 1 saturated heterocycles. The van der Waals surface area contributed by atoms with Crippen molar-refractivity contribution in [3.63, 3.8) is 0 Å². The van der Waals surface area contributed by atoms with Crippen LogP contribution >= 0.6 is 0 Å². The van der Waals surface area contributed by atoms with Crippen LogP contribution in [-0.2, 0) is 14.4 Å². The normalized spacial score (nSPS) is 41.8. The number of aliphatic hydroxyl groups is 1. The first kappa shape index (κ1) is 23.4. The molecule has 1 aliphatic rings. The van der Waals surface area contributed by atoms with Crippen LogP contribution in [0.4, 0.5) is 0 Å². The minimum absolute atomic E-state index is 0.337. The number of hydrogen-bond donors (Lipinski definition) is 1. The maximum absolute atomic E-state index is 11.7. The van der Waals surface area contributed by atoms with Crippen molar-refractivity contribution in [3.8, 4) is 0 Å². The summed E-state index contributed by atoms with van der Waals surface area (Å²) in [7, 11) is 0. The lowest BCUT2D eigenvalue weighted by atomic mass is 9.50. The van der Waals surface area contributed by atoms with Gasteiger partial charge in [0.2, 0.25) is 0 Å².